The van der Waals surface area contributed by atoms with E-state index >= 15 is 0 Å². The number of methoxy groups -OCH3 is 1. The summed E-state index contributed by atoms with van der Waals surface area (Å²) < 4.78 is 20.9. The first-order chi connectivity index (χ1) is 14.6. The molecule has 0 atom stereocenters. The first-order valence-electron chi connectivity index (χ1n) is 9.29. The second kappa shape index (κ2) is 8.64. The Morgan fingerprint density at radius 3 is 2.93 bits per heavy atom. The zero-order valence-electron chi connectivity index (χ0n) is 16.2. The molecule has 0 bridgehead atoms. The Bertz CT molecular complexity index is 1080. The van der Waals surface area contributed by atoms with Gasteiger partial charge in [-0.3, -0.25) is 4.79 Å². The van der Waals surface area contributed by atoms with E-state index < -0.39 is 5.97 Å². The van der Waals surface area contributed by atoms with Gasteiger partial charge in [-0.25, -0.2) is 4.79 Å². The first kappa shape index (κ1) is 19.4. The molecule has 1 N–H and O–H groups in total. The average Bonchev–Trinajstić information content (AvgIpc) is 3.25. The van der Waals surface area contributed by atoms with Crippen molar-refractivity contribution < 1.29 is 28.3 Å². The number of carbonyl (C=O) groups is 2. The van der Waals surface area contributed by atoms with Crippen molar-refractivity contribution in [3.63, 3.8) is 0 Å². The molecule has 1 aliphatic heterocycles. The molecule has 2 heterocycles. The van der Waals surface area contributed by atoms with Crippen LogP contribution >= 0.6 is 0 Å². The number of esters is 1. The number of ether oxygens (including phenoxy) is 3. The molecule has 3 aromatic rings. The van der Waals surface area contributed by atoms with Crippen molar-refractivity contribution in [2.45, 2.75) is 19.4 Å². The summed E-state index contributed by atoms with van der Waals surface area (Å²) in [5.74, 6) is 1.17. The monoisotopic (exact) mass is 409 g/mol. The van der Waals surface area contributed by atoms with E-state index in [-0.39, 0.29) is 25.0 Å². The van der Waals surface area contributed by atoms with Gasteiger partial charge >= 0.3 is 5.97 Å². The van der Waals surface area contributed by atoms with E-state index in [0.717, 1.165) is 16.8 Å². The number of nitrogens with one attached hydrogen (secondary N) is 1. The van der Waals surface area contributed by atoms with Gasteiger partial charge in [-0.15, -0.1) is 0 Å². The Morgan fingerprint density at radius 2 is 2.07 bits per heavy atom. The molecule has 4 rings (SSSR count). The van der Waals surface area contributed by atoms with Crippen LogP contribution in [0.2, 0.25) is 0 Å². The zero-order valence-corrected chi connectivity index (χ0v) is 16.2. The number of anilines is 1. The number of aromatic nitrogens is 2. The van der Waals surface area contributed by atoms with E-state index in [9.17, 15) is 9.59 Å². The lowest BCUT2D eigenvalue weighted by Gasteiger charge is -2.17. The summed E-state index contributed by atoms with van der Waals surface area (Å²) in [7, 11) is 1.57. The molecule has 0 unspecified atom stereocenters. The molecule has 9 heteroatoms. The number of amides is 1. The summed E-state index contributed by atoms with van der Waals surface area (Å²) in [6.45, 7) is -0.419. The molecular formula is C21H19N3O6. The Balaban J connectivity index is 1.28. The number of benzene rings is 2. The van der Waals surface area contributed by atoms with Crippen molar-refractivity contribution in [3.05, 3.63) is 53.9 Å². The highest BCUT2D eigenvalue weighted by Crippen LogP contribution is 2.27. The number of hydrogen-bond acceptors (Lipinski definition) is 8. The maximum Gasteiger partial charge on any atom is 0.344 e. The molecule has 0 saturated heterocycles. The minimum absolute atomic E-state index is 0.00432. The van der Waals surface area contributed by atoms with Crippen LogP contribution in [0, 0.1) is 0 Å². The second-order valence-corrected chi connectivity index (χ2v) is 6.56. The molecule has 0 saturated carbocycles. The lowest BCUT2D eigenvalue weighted by molar-refractivity contribution is -0.148. The van der Waals surface area contributed by atoms with Gasteiger partial charge in [-0.2, -0.15) is 4.98 Å². The van der Waals surface area contributed by atoms with Crippen molar-refractivity contribution in [1.29, 1.82) is 0 Å². The third kappa shape index (κ3) is 4.57. The number of hydrogen-bond donors (Lipinski definition) is 1. The number of carbonyl (C=O) groups excluding carboxylic acids is 2. The largest absolute Gasteiger partial charge is 0.497 e. The molecule has 0 radical (unpaired) electrons. The molecule has 30 heavy (non-hydrogen) atoms. The van der Waals surface area contributed by atoms with Crippen LogP contribution in [-0.2, 0) is 27.4 Å². The van der Waals surface area contributed by atoms with Crippen LogP contribution in [0.4, 0.5) is 5.69 Å². The Kier molecular flexibility index (Phi) is 5.60. The third-order valence-electron chi connectivity index (χ3n) is 4.48. The summed E-state index contributed by atoms with van der Waals surface area (Å²) in [5.41, 5.74) is 2.46. The standard InChI is InChI=1S/C21H19N3O6/c1-27-15-4-2-3-14(10-15)21-23-19(30-24-21)11-29-20(26)12-28-16-6-7-17-13(9-16)5-8-18(25)22-17/h2-4,6-7,9-10H,5,8,11-12H2,1H3,(H,22,25). The van der Waals surface area contributed by atoms with E-state index in [1.807, 2.05) is 18.2 Å². The molecule has 9 nitrogen and oxygen atoms in total. The Labute approximate surface area is 171 Å². The topological polar surface area (TPSA) is 113 Å². The number of nitrogens with zero attached hydrogens (tertiary/aromatic N) is 2. The van der Waals surface area contributed by atoms with Crippen LogP contribution in [-0.4, -0.2) is 35.7 Å². The van der Waals surface area contributed by atoms with E-state index in [1.54, 1.807) is 31.4 Å². The van der Waals surface area contributed by atoms with E-state index in [2.05, 4.69) is 15.5 Å². The first-order valence-corrected chi connectivity index (χ1v) is 9.29. The quantitative estimate of drug-likeness (QED) is 0.593. The number of aryl methyl sites for hydroxylation is 1. The van der Waals surface area contributed by atoms with Crippen molar-refractivity contribution in [3.8, 4) is 22.9 Å². The fraction of sp³-hybridized carbons (Fsp3) is 0.238. The van der Waals surface area contributed by atoms with Gasteiger partial charge in [0, 0.05) is 17.7 Å². The van der Waals surface area contributed by atoms with Gasteiger partial charge in [0.05, 0.1) is 7.11 Å². The normalized spacial score (nSPS) is 12.6. The van der Waals surface area contributed by atoms with Gasteiger partial charge in [-0.1, -0.05) is 17.3 Å². The smallest absolute Gasteiger partial charge is 0.344 e. The summed E-state index contributed by atoms with van der Waals surface area (Å²) in [5, 5.41) is 6.68. The number of fused-ring (bicyclic) bond motifs is 1. The van der Waals surface area contributed by atoms with Gasteiger partial charge in [0.1, 0.15) is 11.5 Å². The van der Waals surface area contributed by atoms with Crippen LogP contribution in [0.5, 0.6) is 11.5 Å². The van der Waals surface area contributed by atoms with Crippen LogP contribution < -0.4 is 14.8 Å². The maximum absolute atomic E-state index is 12.0. The Hall–Kier alpha value is -3.88. The lowest BCUT2D eigenvalue weighted by Crippen LogP contribution is -2.19. The predicted octanol–water partition coefficient (Wildman–Crippen LogP) is 2.75. The molecule has 1 aromatic heterocycles. The minimum Gasteiger partial charge on any atom is -0.497 e. The van der Waals surface area contributed by atoms with Gasteiger partial charge in [0.2, 0.25) is 11.7 Å². The second-order valence-electron chi connectivity index (χ2n) is 6.56. The maximum atomic E-state index is 12.0. The summed E-state index contributed by atoms with van der Waals surface area (Å²) in [6, 6.07) is 12.5. The fourth-order valence-corrected chi connectivity index (χ4v) is 2.97. The molecule has 1 amide bonds. The fourth-order valence-electron chi connectivity index (χ4n) is 2.97. The van der Waals surface area contributed by atoms with Crippen LogP contribution in [0.3, 0.4) is 0 Å². The van der Waals surface area contributed by atoms with Gasteiger partial charge in [0.25, 0.3) is 5.89 Å². The molecule has 154 valence electrons. The summed E-state index contributed by atoms with van der Waals surface area (Å²) in [6.07, 6.45) is 1.07. The highest BCUT2D eigenvalue weighted by molar-refractivity contribution is 5.94. The molecule has 0 spiro atoms. The Morgan fingerprint density at radius 1 is 1.17 bits per heavy atom. The summed E-state index contributed by atoms with van der Waals surface area (Å²) in [4.78, 5) is 27.6. The highest BCUT2D eigenvalue weighted by atomic mass is 16.6. The van der Waals surface area contributed by atoms with E-state index in [0.29, 0.717) is 30.2 Å². The predicted molar refractivity (Wildman–Crippen MR) is 105 cm³/mol. The van der Waals surface area contributed by atoms with Crippen LogP contribution in [0.25, 0.3) is 11.4 Å². The third-order valence-corrected chi connectivity index (χ3v) is 4.48. The van der Waals surface area contributed by atoms with Gasteiger partial charge < -0.3 is 24.1 Å². The van der Waals surface area contributed by atoms with Crippen LogP contribution in [0.1, 0.15) is 17.9 Å². The van der Waals surface area contributed by atoms with Gasteiger partial charge in [-0.05, 0) is 42.3 Å². The molecule has 2 aromatic carbocycles. The SMILES string of the molecule is COc1cccc(-c2noc(COC(=O)COc3ccc4c(c3)CCC(=O)N4)n2)c1. The number of rotatable bonds is 7. The minimum atomic E-state index is -0.567. The summed E-state index contributed by atoms with van der Waals surface area (Å²) >= 11 is 0. The van der Waals surface area contributed by atoms with Crippen molar-refractivity contribution in [2.75, 3.05) is 19.0 Å². The highest BCUT2D eigenvalue weighted by Gasteiger charge is 2.16. The molecule has 0 fully saturated rings. The average molecular weight is 409 g/mol. The van der Waals surface area contributed by atoms with Crippen LogP contribution in [0.15, 0.2) is 47.0 Å². The molecule has 1 aliphatic rings. The lowest BCUT2D eigenvalue weighted by atomic mass is 10.0. The van der Waals surface area contributed by atoms with Crippen molar-refractivity contribution >= 4 is 17.6 Å². The zero-order chi connectivity index (χ0) is 20.9. The van der Waals surface area contributed by atoms with Gasteiger partial charge in [0.15, 0.2) is 13.2 Å². The molecule has 0 aliphatic carbocycles. The van der Waals surface area contributed by atoms with Crippen molar-refractivity contribution in [1.82, 2.24) is 10.1 Å². The van der Waals surface area contributed by atoms with Crippen molar-refractivity contribution in [2.24, 2.45) is 0 Å². The van der Waals surface area contributed by atoms with E-state index in [4.69, 9.17) is 18.7 Å². The molecular weight excluding hydrogens is 390 g/mol. The van der Waals surface area contributed by atoms with E-state index in [1.165, 1.54) is 0 Å².